The normalized spacial score (nSPS) is 12.4. The summed E-state index contributed by atoms with van der Waals surface area (Å²) in [7, 11) is 0. The van der Waals surface area contributed by atoms with Crippen LogP contribution in [0.2, 0.25) is 0 Å². The lowest BCUT2D eigenvalue weighted by Gasteiger charge is -2.34. The fourth-order valence-corrected chi connectivity index (χ4v) is 13.0. The molecule has 0 N–H and O–H groups in total. The number of hydrogen-bond acceptors (Lipinski definition) is 1. The molecule has 0 radical (unpaired) electrons. The quantitative estimate of drug-likeness (QED) is 0.133. The lowest BCUT2D eigenvalue weighted by atomic mass is 9.67. The predicted octanol–water partition coefficient (Wildman–Crippen LogP) is 20.4. The molecule has 1 aromatic heterocycles. The molecule has 1 aliphatic rings. The summed E-state index contributed by atoms with van der Waals surface area (Å²) in [4.78, 5) is 2.38. The number of fused-ring (bicyclic) bond motifs is 7. The Balaban J connectivity index is 0.802. The van der Waals surface area contributed by atoms with Crippen LogP contribution in [0.1, 0.15) is 22.3 Å². The van der Waals surface area contributed by atoms with Gasteiger partial charge in [0.1, 0.15) is 0 Å². The van der Waals surface area contributed by atoms with Crippen LogP contribution in [-0.4, -0.2) is 4.57 Å². The molecule has 0 fully saturated rings. The van der Waals surface area contributed by atoms with Gasteiger partial charge in [0.2, 0.25) is 0 Å². The van der Waals surface area contributed by atoms with Crippen molar-refractivity contribution in [3.05, 3.63) is 338 Å². The number of anilines is 3. The molecule has 2 nitrogen and oxygen atoms in total. The second-order valence-corrected chi connectivity index (χ2v) is 20.7. The summed E-state index contributed by atoms with van der Waals surface area (Å²) in [6.07, 6.45) is 0. The summed E-state index contributed by atoms with van der Waals surface area (Å²) in [5, 5.41) is 5.01. The zero-order valence-corrected chi connectivity index (χ0v) is 43.4. The molecule has 0 spiro atoms. The zero-order chi connectivity index (χ0) is 52.3. The van der Waals surface area contributed by atoms with Crippen molar-refractivity contribution in [1.82, 2.24) is 4.57 Å². The molecule has 0 amide bonds. The molecule has 2 heteroatoms. The largest absolute Gasteiger partial charge is 0.311 e. The molecule has 370 valence electrons. The molecule has 79 heavy (non-hydrogen) atoms. The average molecular weight is 1010 g/mol. The van der Waals surface area contributed by atoms with E-state index in [-0.39, 0.29) is 0 Å². The second-order valence-electron chi connectivity index (χ2n) is 20.7. The van der Waals surface area contributed by atoms with Crippen LogP contribution in [0.3, 0.4) is 0 Å². The molecule has 0 aliphatic heterocycles. The molecule has 0 atom stereocenters. The summed E-state index contributed by atoms with van der Waals surface area (Å²) < 4.78 is 2.41. The van der Waals surface area contributed by atoms with E-state index in [1.54, 1.807) is 0 Å². The van der Waals surface area contributed by atoms with Crippen molar-refractivity contribution in [2.75, 3.05) is 4.90 Å². The minimum Gasteiger partial charge on any atom is -0.311 e. The van der Waals surface area contributed by atoms with E-state index in [9.17, 15) is 0 Å². The second kappa shape index (κ2) is 19.1. The average Bonchev–Trinajstić information content (AvgIpc) is 4.17. The minimum atomic E-state index is -0.465. The van der Waals surface area contributed by atoms with Crippen molar-refractivity contribution in [2.24, 2.45) is 0 Å². The minimum absolute atomic E-state index is 0.465. The van der Waals surface area contributed by atoms with Gasteiger partial charge in [0, 0.05) is 33.4 Å². The number of para-hydroxylation sites is 3. The number of aromatic nitrogens is 1. The van der Waals surface area contributed by atoms with Crippen LogP contribution in [0.5, 0.6) is 0 Å². The van der Waals surface area contributed by atoms with Crippen LogP contribution < -0.4 is 4.90 Å². The van der Waals surface area contributed by atoms with Crippen LogP contribution in [-0.2, 0) is 5.41 Å². The van der Waals surface area contributed by atoms with Gasteiger partial charge < -0.3 is 9.47 Å². The summed E-state index contributed by atoms with van der Waals surface area (Å²) >= 11 is 0. The molecule has 14 aromatic rings. The van der Waals surface area contributed by atoms with Gasteiger partial charge >= 0.3 is 0 Å². The van der Waals surface area contributed by atoms with Crippen molar-refractivity contribution in [2.45, 2.75) is 5.41 Å². The molecule has 0 saturated carbocycles. The van der Waals surface area contributed by atoms with Crippen LogP contribution in [0, 0.1) is 0 Å². The van der Waals surface area contributed by atoms with E-state index in [0.29, 0.717) is 0 Å². The monoisotopic (exact) mass is 1000 g/mol. The number of nitrogens with zero attached hydrogens (tertiary/aromatic N) is 2. The van der Waals surface area contributed by atoms with Crippen molar-refractivity contribution in [1.29, 1.82) is 0 Å². The van der Waals surface area contributed by atoms with E-state index in [1.165, 1.54) is 111 Å². The maximum atomic E-state index is 2.41. The maximum absolute atomic E-state index is 2.41. The fourth-order valence-electron chi connectivity index (χ4n) is 13.0. The van der Waals surface area contributed by atoms with Gasteiger partial charge in [-0.15, -0.1) is 0 Å². The molecule has 1 aliphatic carbocycles. The third kappa shape index (κ3) is 7.56. The van der Waals surface area contributed by atoms with Gasteiger partial charge in [-0.25, -0.2) is 0 Å². The molecule has 13 aromatic carbocycles. The Hall–Kier alpha value is -10.3. The van der Waals surface area contributed by atoms with Crippen LogP contribution in [0.4, 0.5) is 17.1 Å². The SMILES string of the molecule is c1ccc(C2(c3ccccc3)c3ccccc3-c3c(-c4ccc(N(c5ccc(-c6ccc(-c7ccccc7-n7c8ccccc8c8ccccc87)cc6)cc5)c5ccc(-c6cccc7ccccc67)cc5)cc4)cccc32)cc1. The number of hydrogen-bond donors (Lipinski definition) is 0. The fraction of sp³-hybridized carbons (Fsp3) is 0.0130. The van der Waals surface area contributed by atoms with Gasteiger partial charge in [-0.3, -0.25) is 0 Å². The topological polar surface area (TPSA) is 8.17 Å². The highest BCUT2D eigenvalue weighted by atomic mass is 15.1. The van der Waals surface area contributed by atoms with Gasteiger partial charge in [-0.2, -0.15) is 0 Å². The Labute approximate surface area is 461 Å². The lowest BCUT2D eigenvalue weighted by Crippen LogP contribution is -2.28. The first kappa shape index (κ1) is 46.1. The van der Waals surface area contributed by atoms with E-state index in [0.717, 1.165) is 22.6 Å². The molecule has 0 unspecified atom stereocenters. The Kier molecular flexibility index (Phi) is 11.1. The Morgan fingerprint density at radius 3 is 1.27 bits per heavy atom. The summed E-state index contributed by atoms with van der Waals surface area (Å²) in [6, 6.07) is 116. The molecular weight excluding hydrogens is 953 g/mol. The Bertz CT molecular complexity index is 4460. The standard InChI is InChI=1S/C77H52N2/c1-3-21-59(22-4-1)77(60-23-5-2-6-24-60)71-32-13-9-29-70(71)76-67(31-18-33-72(76)77)58-45-51-63(52-46-58)78(62-49-43-56(44-50-62)65-30-17-20-55-19-7-8-25-64(55)65)61-47-41-54(42-48-61)53-37-39-57(40-38-53)66-26-10-14-34-73(66)79-74-35-15-11-27-68(74)69-28-12-16-36-75(69)79/h1-52H. The highest BCUT2D eigenvalue weighted by Crippen LogP contribution is 2.58. The van der Waals surface area contributed by atoms with Crippen molar-refractivity contribution < 1.29 is 0 Å². The van der Waals surface area contributed by atoms with E-state index in [1.807, 2.05) is 0 Å². The highest BCUT2D eigenvalue weighted by molar-refractivity contribution is 6.10. The Morgan fingerprint density at radius 1 is 0.253 bits per heavy atom. The highest BCUT2D eigenvalue weighted by Gasteiger charge is 2.46. The Morgan fingerprint density at radius 2 is 0.646 bits per heavy atom. The first-order valence-electron chi connectivity index (χ1n) is 27.3. The lowest BCUT2D eigenvalue weighted by molar-refractivity contribution is 0.768. The van der Waals surface area contributed by atoms with Gasteiger partial charge in [0.25, 0.3) is 0 Å². The van der Waals surface area contributed by atoms with Crippen molar-refractivity contribution in [3.8, 4) is 61.3 Å². The molecule has 1 heterocycles. The molecule has 0 saturated heterocycles. The number of benzene rings is 13. The molecular formula is C77H52N2. The van der Waals surface area contributed by atoms with Gasteiger partial charge in [-0.1, -0.05) is 261 Å². The van der Waals surface area contributed by atoms with Crippen LogP contribution >= 0.6 is 0 Å². The van der Waals surface area contributed by atoms with E-state index >= 15 is 0 Å². The van der Waals surface area contributed by atoms with E-state index in [4.69, 9.17) is 0 Å². The maximum Gasteiger partial charge on any atom is 0.0713 e. The third-order valence-corrected chi connectivity index (χ3v) is 16.5. The summed E-state index contributed by atoms with van der Waals surface area (Å²) in [5.74, 6) is 0. The van der Waals surface area contributed by atoms with Gasteiger partial charge in [0.05, 0.1) is 22.1 Å². The first-order chi connectivity index (χ1) is 39.2. The van der Waals surface area contributed by atoms with Crippen molar-refractivity contribution >= 4 is 49.6 Å². The van der Waals surface area contributed by atoms with Crippen LogP contribution in [0.15, 0.2) is 315 Å². The number of rotatable bonds is 10. The molecule has 15 rings (SSSR count). The summed E-state index contributed by atoms with van der Waals surface area (Å²) in [6.45, 7) is 0. The summed E-state index contributed by atoms with van der Waals surface area (Å²) in [5.41, 5.74) is 23.6. The van der Waals surface area contributed by atoms with Gasteiger partial charge in [0.15, 0.2) is 0 Å². The first-order valence-corrected chi connectivity index (χ1v) is 27.3. The smallest absolute Gasteiger partial charge is 0.0713 e. The zero-order valence-electron chi connectivity index (χ0n) is 43.4. The van der Waals surface area contributed by atoms with Crippen LogP contribution in [0.25, 0.3) is 93.9 Å². The third-order valence-electron chi connectivity index (χ3n) is 16.5. The van der Waals surface area contributed by atoms with Crippen molar-refractivity contribution in [3.63, 3.8) is 0 Å². The van der Waals surface area contributed by atoms with E-state index in [2.05, 4.69) is 325 Å². The molecule has 0 bridgehead atoms. The van der Waals surface area contributed by atoms with E-state index < -0.39 is 5.41 Å². The van der Waals surface area contributed by atoms with Gasteiger partial charge in [-0.05, 0) is 138 Å². The predicted molar refractivity (Wildman–Crippen MR) is 332 cm³/mol.